The summed E-state index contributed by atoms with van der Waals surface area (Å²) in [7, 11) is 0. The molecule has 1 unspecified atom stereocenters. The van der Waals surface area contributed by atoms with Crippen molar-refractivity contribution in [3.05, 3.63) is 29.8 Å². The molecule has 1 atom stereocenters. The van der Waals surface area contributed by atoms with Gasteiger partial charge in [0.15, 0.2) is 0 Å². The molecule has 16 heavy (non-hydrogen) atoms. The van der Waals surface area contributed by atoms with Crippen LogP contribution in [-0.2, 0) is 0 Å². The Labute approximate surface area is 95.7 Å². The summed E-state index contributed by atoms with van der Waals surface area (Å²) in [6.07, 6.45) is 1.16. The fourth-order valence-electron chi connectivity index (χ4n) is 1.40. The molecular formula is C12H19NO3. The minimum absolute atomic E-state index is 0.0801. The summed E-state index contributed by atoms with van der Waals surface area (Å²) in [5.74, 6) is 0.749. The monoisotopic (exact) mass is 225 g/mol. The molecule has 0 spiro atoms. The van der Waals surface area contributed by atoms with Gasteiger partial charge >= 0.3 is 0 Å². The molecule has 4 heteroatoms. The summed E-state index contributed by atoms with van der Waals surface area (Å²) in [5, 5.41) is 17.4. The molecule has 0 aromatic heterocycles. The Morgan fingerprint density at radius 2 is 2.06 bits per heavy atom. The summed E-state index contributed by atoms with van der Waals surface area (Å²) < 4.78 is 5.44. The maximum atomic E-state index is 8.80. The third kappa shape index (κ3) is 4.18. The van der Waals surface area contributed by atoms with Gasteiger partial charge in [-0.15, -0.1) is 0 Å². The Morgan fingerprint density at radius 3 is 2.75 bits per heavy atom. The molecule has 0 bridgehead atoms. The van der Waals surface area contributed by atoms with E-state index in [0.717, 1.165) is 11.3 Å². The van der Waals surface area contributed by atoms with Crippen LogP contribution in [0.3, 0.4) is 0 Å². The first kappa shape index (κ1) is 13.0. The Bertz CT molecular complexity index is 304. The van der Waals surface area contributed by atoms with Crippen molar-refractivity contribution in [1.82, 2.24) is 0 Å². The molecule has 0 amide bonds. The van der Waals surface area contributed by atoms with Crippen LogP contribution in [0.5, 0.6) is 5.75 Å². The lowest BCUT2D eigenvalue weighted by Gasteiger charge is -2.12. The normalized spacial score (nSPS) is 12.4. The van der Waals surface area contributed by atoms with Crippen LogP contribution in [0.4, 0.5) is 0 Å². The van der Waals surface area contributed by atoms with Crippen LogP contribution in [0.25, 0.3) is 0 Å². The SMILES string of the molecule is NC(CCO)c1cccc(OCCCO)c1. The third-order valence-electron chi connectivity index (χ3n) is 2.30. The molecule has 4 nitrogen and oxygen atoms in total. The standard InChI is InChI=1S/C12H19NO3/c13-12(5-7-15)10-3-1-4-11(9-10)16-8-2-6-14/h1,3-4,9,12,14-15H,2,5-8,13H2. The molecule has 0 heterocycles. The van der Waals surface area contributed by atoms with Crippen molar-refractivity contribution in [1.29, 1.82) is 0 Å². The van der Waals surface area contributed by atoms with Crippen molar-refractivity contribution < 1.29 is 14.9 Å². The number of hydrogen-bond donors (Lipinski definition) is 3. The van der Waals surface area contributed by atoms with Crippen molar-refractivity contribution in [2.75, 3.05) is 19.8 Å². The zero-order valence-corrected chi connectivity index (χ0v) is 9.30. The lowest BCUT2D eigenvalue weighted by molar-refractivity contribution is 0.233. The molecule has 0 saturated carbocycles. The predicted octanol–water partition coefficient (Wildman–Crippen LogP) is 0.830. The van der Waals surface area contributed by atoms with Crippen molar-refractivity contribution in [2.45, 2.75) is 18.9 Å². The van der Waals surface area contributed by atoms with E-state index in [9.17, 15) is 0 Å². The molecule has 90 valence electrons. The summed E-state index contributed by atoms with van der Waals surface area (Å²) in [4.78, 5) is 0. The van der Waals surface area contributed by atoms with E-state index in [1.807, 2.05) is 24.3 Å². The summed E-state index contributed by atoms with van der Waals surface area (Å²) in [5.41, 5.74) is 6.83. The van der Waals surface area contributed by atoms with E-state index in [1.165, 1.54) is 0 Å². The fourth-order valence-corrected chi connectivity index (χ4v) is 1.40. The van der Waals surface area contributed by atoms with Crippen molar-refractivity contribution in [2.24, 2.45) is 5.73 Å². The van der Waals surface area contributed by atoms with Gasteiger partial charge in [0, 0.05) is 25.7 Å². The Hall–Kier alpha value is -1.10. The Morgan fingerprint density at radius 1 is 1.25 bits per heavy atom. The summed E-state index contributed by atoms with van der Waals surface area (Å²) >= 11 is 0. The van der Waals surface area contributed by atoms with Crippen LogP contribution in [-0.4, -0.2) is 30.0 Å². The number of aliphatic hydroxyl groups is 2. The topological polar surface area (TPSA) is 75.7 Å². The molecule has 1 aromatic carbocycles. The first-order valence-electron chi connectivity index (χ1n) is 5.48. The molecular weight excluding hydrogens is 206 g/mol. The van der Waals surface area contributed by atoms with Gasteiger partial charge in [-0.3, -0.25) is 0 Å². The molecule has 0 aliphatic heterocycles. The molecule has 1 rings (SSSR count). The highest BCUT2D eigenvalue weighted by molar-refractivity contribution is 5.30. The van der Waals surface area contributed by atoms with Gasteiger partial charge in [-0.05, 0) is 24.1 Å². The van der Waals surface area contributed by atoms with Gasteiger partial charge in [-0.1, -0.05) is 12.1 Å². The summed E-state index contributed by atoms with van der Waals surface area (Å²) in [6.45, 7) is 0.704. The zero-order valence-electron chi connectivity index (χ0n) is 9.30. The second-order valence-electron chi connectivity index (χ2n) is 3.62. The third-order valence-corrected chi connectivity index (χ3v) is 2.30. The highest BCUT2D eigenvalue weighted by Crippen LogP contribution is 2.19. The smallest absolute Gasteiger partial charge is 0.119 e. The Kier molecular flexibility index (Phi) is 5.85. The first-order chi connectivity index (χ1) is 7.77. The molecule has 0 aliphatic rings. The number of ether oxygens (including phenoxy) is 1. The van der Waals surface area contributed by atoms with E-state index >= 15 is 0 Å². The molecule has 1 aromatic rings. The van der Waals surface area contributed by atoms with Crippen molar-refractivity contribution >= 4 is 0 Å². The van der Waals surface area contributed by atoms with Crippen molar-refractivity contribution in [3.8, 4) is 5.75 Å². The van der Waals surface area contributed by atoms with E-state index in [4.69, 9.17) is 20.7 Å². The first-order valence-corrected chi connectivity index (χ1v) is 5.48. The number of rotatable bonds is 7. The molecule has 0 aliphatic carbocycles. The zero-order chi connectivity index (χ0) is 11.8. The second kappa shape index (κ2) is 7.22. The average molecular weight is 225 g/mol. The van der Waals surface area contributed by atoms with Gasteiger partial charge in [0.1, 0.15) is 5.75 Å². The van der Waals surface area contributed by atoms with Gasteiger partial charge in [0.25, 0.3) is 0 Å². The van der Waals surface area contributed by atoms with Gasteiger partial charge in [0.2, 0.25) is 0 Å². The molecule has 0 saturated heterocycles. The van der Waals surface area contributed by atoms with Gasteiger partial charge in [-0.2, -0.15) is 0 Å². The maximum Gasteiger partial charge on any atom is 0.119 e. The molecule has 0 fully saturated rings. The predicted molar refractivity (Wildman–Crippen MR) is 62.3 cm³/mol. The van der Waals surface area contributed by atoms with Crippen LogP contribution in [0.2, 0.25) is 0 Å². The van der Waals surface area contributed by atoms with E-state index < -0.39 is 0 Å². The number of nitrogens with two attached hydrogens (primary N) is 1. The van der Waals surface area contributed by atoms with E-state index in [2.05, 4.69) is 0 Å². The van der Waals surface area contributed by atoms with E-state index in [1.54, 1.807) is 0 Å². The Balaban J connectivity index is 2.56. The van der Waals surface area contributed by atoms with Gasteiger partial charge < -0.3 is 20.7 Å². The van der Waals surface area contributed by atoms with Crippen LogP contribution in [0.1, 0.15) is 24.4 Å². The van der Waals surface area contributed by atoms with Crippen LogP contribution in [0, 0.1) is 0 Å². The van der Waals surface area contributed by atoms with Crippen LogP contribution < -0.4 is 10.5 Å². The highest BCUT2D eigenvalue weighted by Gasteiger charge is 2.05. The highest BCUT2D eigenvalue weighted by atomic mass is 16.5. The largest absolute Gasteiger partial charge is 0.493 e. The maximum absolute atomic E-state index is 8.80. The minimum atomic E-state index is -0.161. The van der Waals surface area contributed by atoms with Gasteiger partial charge in [0.05, 0.1) is 6.61 Å². The summed E-state index contributed by atoms with van der Waals surface area (Å²) in [6, 6.07) is 7.36. The van der Waals surface area contributed by atoms with E-state index in [0.29, 0.717) is 19.4 Å². The molecule has 0 radical (unpaired) electrons. The lowest BCUT2D eigenvalue weighted by atomic mass is 10.1. The average Bonchev–Trinajstić information content (AvgIpc) is 2.30. The number of hydrogen-bond acceptors (Lipinski definition) is 4. The minimum Gasteiger partial charge on any atom is -0.493 e. The molecule has 4 N–H and O–H groups in total. The number of benzene rings is 1. The van der Waals surface area contributed by atoms with Crippen molar-refractivity contribution in [3.63, 3.8) is 0 Å². The second-order valence-corrected chi connectivity index (χ2v) is 3.62. The quantitative estimate of drug-likeness (QED) is 0.601. The number of aliphatic hydroxyl groups excluding tert-OH is 2. The van der Waals surface area contributed by atoms with Gasteiger partial charge in [-0.25, -0.2) is 0 Å². The van der Waals surface area contributed by atoms with Crippen LogP contribution >= 0.6 is 0 Å². The lowest BCUT2D eigenvalue weighted by Crippen LogP contribution is -2.12. The van der Waals surface area contributed by atoms with Crippen LogP contribution in [0.15, 0.2) is 24.3 Å². The van der Waals surface area contributed by atoms with E-state index in [-0.39, 0.29) is 19.3 Å². The fraction of sp³-hybridized carbons (Fsp3) is 0.500.